The Morgan fingerprint density at radius 3 is 2.72 bits per heavy atom. The van der Waals surface area contributed by atoms with Crippen LogP contribution >= 0.6 is 0 Å². The van der Waals surface area contributed by atoms with Gasteiger partial charge in [-0.3, -0.25) is 4.79 Å². The number of rotatable bonds is 8. The van der Waals surface area contributed by atoms with Crippen molar-refractivity contribution in [1.82, 2.24) is 15.4 Å². The number of benzene rings is 1. The Bertz CT molecular complexity index is 800. The zero-order valence-corrected chi connectivity index (χ0v) is 14.6. The fraction of sp³-hybridized carbons (Fsp3) is 0.368. The van der Waals surface area contributed by atoms with E-state index in [0.717, 1.165) is 30.6 Å². The number of nitrogens with zero attached hydrogens (tertiary/aromatic N) is 2. The largest absolute Gasteiger partial charge is 0.453 e. The first-order valence-electron chi connectivity index (χ1n) is 8.63. The third-order valence-corrected chi connectivity index (χ3v) is 4.21. The molecular formula is C19H23N3O3. The molecule has 0 fully saturated rings. The van der Waals surface area contributed by atoms with Crippen molar-refractivity contribution in [2.75, 3.05) is 26.2 Å². The van der Waals surface area contributed by atoms with Gasteiger partial charge in [0.05, 0.1) is 12.1 Å². The second-order valence-electron chi connectivity index (χ2n) is 5.88. The fourth-order valence-electron chi connectivity index (χ4n) is 2.73. The molecule has 132 valence electrons. The first-order chi connectivity index (χ1) is 12.2. The van der Waals surface area contributed by atoms with Crippen molar-refractivity contribution in [3.63, 3.8) is 0 Å². The van der Waals surface area contributed by atoms with Gasteiger partial charge in [-0.1, -0.05) is 37.2 Å². The molecule has 3 aromatic rings. The van der Waals surface area contributed by atoms with Gasteiger partial charge >= 0.3 is 0 Å². The number of carbonyl (C=O) groups is 1. The normalized spacial score (nSPS) is 11.3. The van der Waals surface area contributed by atoms with Crippen molar-refractivity contribution in [2.24, 2.45) is 0 Å². The molecule has 6 heteroatoms. The van der Waals surface area contributed by atoms with Crippen molar-refractivity contribution in [3.8, 4) is 11.5 Å². The molecule has 0 aliphatic rings. The summed E-state index contributed by atoms with van der Waals surface area (Å²) in [7, 11) is 0. The van der Waals surface area contributed by atoms with Crippen molar-refractivity contribution >= 4 is 16.9 Å². The van der Waals surface area contributed by atoms with Crippen molar-refractivity contribution in [3.05, 3.63) is 42.1 Å². The van der Waals surface area contributed by atoms with Gasteiger partial charge in [-0.05, 0) is 25.2 Å². The van der Waals surface area contributed by atoms with E-state index < -0.39 is 0 Å². The Kier molecular flexibility index (Phi) is 5.50. The molecule has 1 aromatic carbocycles. The number of para-hydroxylation sites is 1. The average molecular weight is 341 g/mol. The summed E-state index contributed by atoms with van der Waals surface area (Å²) in [6, 6.07) is 11.4. The molecule has 2 aromatic heterocycles. The quantitative estimate of drug-likeness (QED) is 0.682. The lowest BCUT2D eigenvalue weighted by molar-refractivity contribution is -0.120. The van der Waals surface area contributed by atoms with Crippen LogP contribution in [-0.2, 0) is 11.2 Å². The molecule has 0 aliphatic carbocycles. The summed E-state index contributed by atoms with van der Waals surface area (Å²) < 4.78 is 11.1. The van der Waals surface area contributed by atoms with E-state index in [4.69, 9.17) is 8.94 Å². The van der Waals surface area contributed by atoms with Crippen LogP contribution in [0.15, 0.2) is 45.3 Å². The van der Waals surface area contributed by atoms with Crippen LogP contribution in [0.3, 0.4) is 0 Å². The highest BCUT2D eigenvalue weighted by molar-refractivity contribution is 5.82. The van der Waals surface area contributed by atoms with E-state index in [0.29, 0.717) is 23.8 Å². The fourth-order valence-corrected chi connectivity index (χ4v) is 2.73. The van der Waals surface area contributed by atoms with E-state index in [1.54, 1.807) is 6.07 Å². The van der Waals surface area contributed by atoms with Gasteiger partial charge < -0.3 is 19.2 Å². The molecule has 0 saturated heterocycles. The predicted molar refractivity (Wildman–Crippen MR) is 96.2 cm³/mol. The standard InChI is InChI=1S/C19H23N3O3/c1-3-22(4-2)10-9-20-19(23)13-15-12-18(25-21-15)17-11-14-7-5-6-8-16(14)24-17/h5-8,11-12H,3-4,9-10,13H2,1-2H3,(H,20,23). The Hall–Kier alpha value is -2.60. The number of amides is 1. The molecule has 1 N–H and O–H groups in total. The Morgan fingerprint density at radius 2 is 1.96 bits per heavy atom. The van der Waals surface area contributed by atoms with Crippen LogP contribution in [0.4, 0.5) is 0 Å². The van der Waals surface area contributed by atoms with Gasteiger partial charge in [-0.2, -0.15) is 0 Å². The van der Waals surface area contributed by atoms with Crippen molar-refractivity contribution in [2.45, 2.75) is 20.3 Å². The molecule has 0 spiro atoms. The molecule has 0 unspecified atom stereocenters. The monoisotopic (exact) mass is 341 g/mol. The Balaban J connectivity index is 1.57. The molecule has 0 aliphatic heterocycles. The van der Waals surface area contributed by atoms with Crippen LogP contribution in [0.2, 0.25) is 0 Å². The third-order valence-electron chi connectivity index (χ3n) is 4.21. The topological polar surface area (TPSA) is 71.5 Å². The van der Waals surface area contributed by atoms with Gasteiger partial charge in [0.2, 0.25) is 11.7 Å². The number of carbonyl (C=O) groups excluding carboxylic acids is 1. The molecule has 1 amide bonds. The van der Waals surface area contributed by atoms with Gasteiger partial charge in [-0.15, -0.1) is 0 Å². The third kappa shape index (κ3) is 4.28. The van der Waals surface area contributed by atoms with E-state index in [1.807, 2.05) is 30.3 Å². The maximum Gasteiger partial charge on any atom is 0.226 e. The van der Waals surface area contributed by atoms with Gasteiger partial charge in [0.25, 0.3) is 0 Å². The van der Waals surface area contributed by atoms with Crippen LogP contribution < -0.4 is 5.32 Å². The van der Waals surface area contributed by atoms with E-state index >= 15 is 0 Å². The average Bonchev–Trinajstić information content (AvgIpc) is 3.25. The minimum Gasteiger partial charge on any atom is -0.453 e. The van der Waals surface area contributed by atoms with Gasteiger partial charge in [0.15, 0.2) is 5.76 Å². The number of hydrogen-bond donors (Lipinski definition) is 1. The zero-order chi connectivity index (χ0) is 17.6. The van der Waals surface area contributed by atoms with Crippen LogP contribution in [0, 0.1) is 0 Å². The summed E-state index contributed by atoms with van der Waals surface area (Å²) >= 11 is 0. The number of furan rings is 1. The Morgan fingerprint density at radius 1 is 1.16 bits per heavy atom. The number of nitrogens with one attached hydrogen (secondary N) is 1. The number of likely N-dealkylation sites (N-methyl/N-ethyl adjacent to an activating group) is 1. The molecule has 6 nitrogen and oxygen atoms in total. The minimum atomic E-state index is -0.0587. The SMILES string of the molecule is CCN(CC)CCNC(=O)Cc1cc(-c2cc3ccccc3o2)on1. The highest BCUT2D eigenvalue weighted by atomic mass is 16.5. The summed E-state index contributed by atoms with van der Waals surface area (Å²) in [5.74, 6) is 1.08. The molecule has 0 bridgehead atoms. The van der Waals surface area contributed by atoms with Crippen LogP contribution in [-0.4, -0.2) is 42.1 Å². The van der Waals surface area contributed by atoms with Gasteiger partial charge in [0.1, 0.15) is 5.58 Å². The van der Waals surface area contributed by atoms with E-state index in [9.17, 15) is 4.79 Å². The summed E-state index contributed by atoms with van der Waals surface area (Å²) in [5, 5.41) is 7.89. The molecule has 25 heavy (non-hydrogen) atoms. The second kappa shape index (κ2) is 7.98. The minimum absolute atomic E-state index is 0.0587. The number of aromatic nitrogens is 1. The van der Waals surface area contributed by atoms with Crippen molar-refractivity contribution < 1.29 is 13.7 Å². The van der Waals surface area contributed by atoms with Crippen molar-refractivity contribution in [1.29, 1.82) is 0 Å². The second-order valence-corrected chi connectivity index (χ2v) is 5.88. The first kappa shape index (κ1) is 17.2. The van der Waals surface area contributed by atoms with Gasteiger partial charge in [-0.25, -0.2) is 0 Å². The number of fused-ring (bicyclic) bond motifs is 1. The lowest BCUT2D eigenvalue weighted by Crippen LogP contribution is -2.35. The summed E-state index contributed by atoms with van der Waals surface area (Å²) in [6.07, 6.45) is 0.196. The maximum atomic E-state index is 12.0. The molecule has 2 heterocycles. The van der Waals surface area contributed by atoms with E-state index in [2.05, 4.69) is 29.2 Å². The summed E-state index contributed by atoms with van der Waals surface area (Å²) in [4.78, 5) is 14.3. The zero-order valence-electron chi connectivity index (χ0n) is 14.6. The van der Waals surface area contributed by atoms with Crippen LogP contribution in [0.5, 0.6) is 0 Å². The lowest BCUT2D eigenvalue weighted by atomic mass is 10.2. The summed E-state index contributed by atoms with van der Waals surface area (Å²) in [6.45, 7) is 7.67. The summed E-state index contributed by atoms with van der Waals surface area (Å²) in [5.41, 5.74) is 1.39. The van der Waals surface area contributed by atoms with E-state index in [1.165, 1.54) is 0 Å². The molecule has 0 atom stereocenters. The molecule has 0 radical (unpaired) electrons. The predicted octanol–water partition coefficient (Wildman–Crippen LogP) is 3.09. The highest BCUT2D eigenvalue weighted by Crippen LogP contribution is 2.28. The first-order valence-corrected chi connectivity index (χ1v) is 8.63. The lowest BCUT2D eigenvalue weighted by Gasteiger charge is -2.17. The molecule has 3 rings (SSSR count). The molecule has 0 saturated carbocycles. The Labute approximate surface area is 146 Å². The van der Waals surface area contributed by atoms with Crippen LogP contribution in [0.1, 0.15) is 19.5 Å². The number of hydrogen-bond acceptors (Lipinski definition) is 5. The highest BCUT2D eigenvalue weighted by Gasteiger charge is 2.14. The smallest absolute Gasteiger partial charge is 0.226 e. The van der Waals surface area contributed by atoms with Crippen LogP contribution in [0.25, 0.3) is 22.5 Å². The van der Waals surface area contributed by atoms with E-state index in [-0.39, 0.29) is 12.3 Å². The van der Waals surface area contributed by atoms with Gasteiger partial charge in [0, 0.05) is 24.5 Å². The maximum absolute atomic E-state index is 12.0. The molecular weight excluding hydrogens is 318 g/mol.